The number of anilines is 2. The fourth-order valence-electron chi connectivity index (χ4n) is 5.28. The normalized spacial score (nSPS) is 14.8. The molecule has 0 unspecified atom stereocenters. The van der Waals surface area contributed by atoms with E-state index in [0.29, 0.717) is 54.4 Å². The van der Waals surface area contributed by atoms with Crippen LogP contribution in [-0.2, 0) is 4.79 Å². The highest BCUT2D eigenvalue weighted by molar-refractivity contribution is 5.92. The molecule has 1 saturated heterocycles. The van der Waals surface area contributed by atoms with Gasteiger partial charge in [0.1, 0.15) is 18.4 Å². The fourth-order valence-corrected chi connectivity index (χ4v) is 5.28. The third-order valence-corrected chi connectivity index (χ3v) is 7.54. The van der Waals surface area contributed by atoms with Crippen LogP contribution in [0.2, 0.25) is 0 Å². The van der Waals surface area contributed by atoms with Gasteiger partial charge in [-0.15, -0.1) is 5.10 Å². The average molecular weight is 573 g/mol. The number of aromatic nitrogens is 6. The zero-order valence-electron chi connectivity index (χ0n) is 24.2. The van der Waals surface area contributed by atoms with E-state index in [9.17, 15) is 4.79 Å². The molecule has 1 aliphatic heterocycles. The summed E-state index contributed by atoms with van der Waals surface area (Å²) in [5, 5.41) is 9.74. The number of hydrogen-bond donors (Lipinski definition) is 1. The van der Waals surface area contributed by atoms with Crippen LogP contribution in [0.1, 0.15) is 25.8 Å². The highest BCUT2D eigenvalue weighted by Crippen LogP contribution is 2.28. The molecule has 220 valence electrons. The van der Waals surface area contributed by atoms with Crippen molar-refractivity contribution in [1.82, 2.24) is 39.2 Å². The van der Waals surface area contributed by atoms with E-state index in [0.717, 1.165) is 37.5 Å². The zero-order chi connectivity index (χ0) is 29.2. The molecule has 6 rings (SSSR count). The van der Waals surface area contributed by atoms with Crippen molar-refractivity contribution in [2.24, 2.45) is 0 Å². The number of fused-ring (bicyclic) bond motifs is 3. The molecule has 1 atom stereocenters. The van der Waals surface area contributed by atoms with Crippen molar-refractivity contribution in [3.8, 4) is 17.3 Å². The van der Waals surface area contributed by atoms with Gasteiger partial charge in [0.15, 0.2) is 17.1 Å². The number of benzene rings is 1. The van der Waals surface area contributed by atoms with Crippen molar-refractivity contribution in [1.29, 1.82) is 0 Å². The maximum absolute atomic E-state index is 13.9. The average Bonchev–Trinajstić information content (AvgIpc) is 3.76. The van der Waals surface area contributed by atoms with Crippen molar-refractivity contribution < 1.29 is 13.9 Å². The number of nitrogens with two attached hydrogens (primary N) is 1. The third-order valence-electron chi connectivity index (χ3n) is 7.54. The van der Waals surface area contributed by atoms with Crippen LogP contribution in [0, 0.1) is 0 Å². The Kier molecular flexibility index (Phi) is 7.66. The Morgan fingerprint density at radius 2 is 1.88 bits per heavy atom. The first kappa shape index (κ1) is 27.5. The van der Waals surface area contributed by atoms with E-state index in [-0.39, 0.29) is 11.9 Å². The first-order chi connectivity index (χ1) is 20.4. The zero-order valence-corrected chi connectivity index (χ0v) is 24.2. The third kappa shape index (κ3) is 5.34. The van der Waals surface area contributed by atoms with Gasteiger partial charge in [-0.1, -0.05) is 13.3 Å². The predicted molar refractivity (Wildman–Crippen MR) is 159 cm³/mol. The van der Waals surface area contributed by atoms with Gasteiger partial charge >= 0.3 is 0 Å². The molecule has 1 aromatic carbocycles. The number of nitrogen functional groups attached to an aromatic ring is 1. The van der Waals surface area contributed by atoms with E-state index in [1.165, 1.54) is 4.52 Å². The fraction of sp³-hybridized carbons (Fsp3) is 0.414. The second-order valence-electron chi connectivity index (χ2n) is 10.7. The van der Waals surface area contributed by atoms with E-state index in [1.54, 1.807) is 29.3 Å². The Morgan fingerprint density at radius 3 is 2.57 bits per heavy atom. The lowest BCUT2D eigenvalue weighted by molar-refractivity contribution is -0.135. The minimum Gasteiger partial charge on any atom is -0.492 e. The van der Waals surface area contributed by atoms with Gasteiger partial charge in [0, 0.05) is 38.4 Å². The van der Waals surface area contributed by atoms with Crippen LogP contribution in [0.5, 0.6) is 5.75 Å². The number of furan rings is 1. The SMILES string of the molecule is CCC[C@H](C(=O)N1CCN(c2ccc(OCCN(C)C)cc2)CC1)n1ncc2c1nc(N)n1nc(-c3ccco3)nc21. The van der Waals surface area contributed by atoms with Gasteiger partial charge in [-0.25, -0.2) is 9.67 Å². The predicted octanol–water partition coefficient (Wildman–Crippen LogP) is 2.95. The van der Waals surface area contributed by atoms with Crippen LogP contribution >= 0.6 is 0 Å². The van der Waals surface area contributed by atoms with E-state index in [1.807, 2.05) is 31.1 Å². The van der Waals surface area contributed by atoms with Gasteiger partial charge in [-0.3, -0.25) is 4.79 Å². The highest BCUT2D eigenvalue weighted by Gasteiger charge is 2.31. The smallest absolute Gasteiger partial charge is 0.247 e. The molecule has 1 amide bonds. The highest BCUT2D eigenvalue weighted by atomic mass is 16.5. The van der Waals surface area contributed by atoms with Crippen molar-refractivity contribution in [3.63, 3.8) is 0 Å². The van der Waals surface area contributed by atoms with Crippen molar-refractivity contribution >= 4 is 34.2 Å². The van der Waals surface area contributed by atoms with Gasteiger partial charge < -0.3 is 29.6 Å². The molecule has 0 spiro atoms. The number of amides is 1. The van der Waals surface area contributed by atoms with E-state index >= 15 is 0 Å². The van der Waals surface area contributed by atoms with Crippen LogP contribution in [0.25, 0.3) is 28.3 Å². The summed E-state index contributed by atoms with van der Waals surface area (Å²) < 4.78 is 14.5. The molecule has 13 nitrogen and oxygen atoms in total. The van der Waals surface area contributed by atoms with E-state index in [4.69, 9.17) is 14.9 Å². The molecule has 0 radical (unpaired) electrons. The van der Waals surface area contributed by atoms with Crippen LogP contribution in [0.3, 0.4) is 0 Å². The largest absolute Gasteiger partial charge is 0.492 e. The summed E-state index contributed by atoms with van der Waals surface area (Å²) >= 11 is 0. The van der Waals surface area contributed by atoms with Gasteiger partial charge in [0.2, 0.25) is 17.7 Å². The molecule has 4 aromatic heterocycles. The number of carbonyl (C=O) groups excluding carboxylic acids is 1. The van der Waals surface area contributed by atoms with Gasteiger partial charge in [0.25, 0.3) is 0 Å². The number of likely N-dealkylation sites (N-methyl/N-ethyl adjacent to an activating group) is 1. The van der Waals surface area contributed by atoms with Gasteiger partial charge in [0.05, 0.1) is 17.8 Å². The summed E-state index contributed by atoms with van der Waals surface area (Å²) in [5.41, 5.74) is 8.44. The summed E-state index contributed by atoms with van der Waals surface area (Å²) in [7, 11) is 4.06. The Bertz CT molecular complexity index is 1650. The molecule has 0 saturated carbocycles. The van der Waals surface area contributed by atoms with Crippen molar-refractivity contribution in [2.45, 2.75) is 25.8 Å². The molecule has 1 aliphatic rings. The first-order valence-electron chi connectivity index (χ1n) is 14.3. The molecule has 2 N–H and O–H groups in total. The Hall–Kier alpha value is -4.65. The van der Waals surface area contributed by atoms with Crippen LogP contribution < -0.4 is 15.4 Å². The van der Waals surface area contributed by atoms with E-state index in [2.05, 4.69) is 49.0 Å². The van der Waals surface area contributed by atoms with Gasteiger partial charge in [-0.2, -0.15) is 14.6 Å². The standard InChI is InChI=1S/C29H36N10O3/c1-4-6-23(28(40)37-14-12-36(13-15-37)20-8-10-21(11-9-20)41-18-16-35(2)3)38-27-22(19-31-38)26-32-25(24-7-5-17-42-24)34-39(26)29(30)33-27/h5,7-11,17,19,23H,4,6,12-16,18H2,1-3H3,(H2,30,33)/t23-/m1/s1. The Morgan fingerprint density at radius 1 is 1.10 bits per heavy atom. The lowest BCUT2D eigenvalue weighted by Crippen LogP contribution is -2.50. The quantitative estimate of drug-likeness (QED) is 0.266. The topological polar surface area (TPSA) is 136 Å². The Labute approximate surface area is 243 Å². The second kappa shape index (κ2) is 11.7. The van der Waals surface area contributed by atoms with Crippen LogP contribution in [0.15, 0.2) is 53.3 Å². The van der Waals surface area contributed by atoms with Gasteiger partial charge in [-0.05, 0) is 56.9 Å². The Balaban J connectivity index is 1.17. The maximum atomic E-state index is 13.9. The summed E-state index contributed by atoms with van der Waals surface area (Å²) in [5.74, 6) is 1.98. The van der Waals surface area contributed by atoms with E-state index < -0.39 is 6.04 Å². The lowest BCUT2D eigenvalue weighted by atomic mass is 10.1. The number of ether oxygens (including phenoxy) is 1. The number of piperazine rings is 1. The minimum absolute atomic E-state index is 0.0316. The molecular weight excluding hydrogens is 536 g/mol. The molecule has 5 heterocycles. The molecular formula is C29H36N10O3. The summed E-state index contributed by atoms with van der Waals surface area (Å²) in [6.45, 7) is 6.30. The number of nitrogens with zero attached hydrogens (tertiary/aromatic N) is 9. The minimum atomic E-state index is -0.500. The molecule has 1 fully saturated rings. The summed E-state index contributed by atoms with van der Waals surface area (Å²) in [6.07, 6.45) is 4.68. The molecule has 0 bridgehead atoms. The van der Waals surface area contributed by atoms with Crippen molar-refractivity contribution in [3.05, 3.63) is 48.9 Å². The van der Waals surface area contributed by atoms with Crippen LogP contribution in [0.4, 0.5) is 11.6 Å². The molecule has 13 heteroatoms. The number of rotatable bonds is 10. The molecule has 0 aliphatic carbocycles. The molecule has 5 aromatic rings. The summed E-state index contributed by atoms with van der Waals surface area (Å²) in [4.78, 5) is 29.4. The van der Waals surface area contributed by atoms with Crippen molar-refractivity contribution in [2.75, 3.05) is 64.1 Å². The number of hydrogen-bond acceptors (Lipinski definition) is 10. The van der Waals surface area contributed by atoms with Crippen LogP contribution in [-0.4, -0.2) is 98.5 Å². The maximum Gasteiger partial charge on any atom is 0.247 e. The molecule has 42 heavy (non-hydrogen) atoms. The summed E-state index contributed by atoms with van der Waals surface area (Å²) in [6, 6.07) is 11.2. The first-order valence-corrected chi connectivity index (χ1v) is 14.3. The number of carbonyl (C=O) groups is 1. The monoisotopic (exact) mass is 572 g/mol. The lowest BCUT2D eigenvalue weighted by Gasteiger charge is -2.37. The second-order valence-corrected chi connectivity index (χ2v) is 10.7.